The van der Waals surface area contributed by atoms with Crippen molar-refractivity contribution in [1.82, 2.24) is 0 Å². The Hall–Kier alpha value is -0.163. The molecule has 3 nitrogen and oxygen atoms in total. The first-order valence-corrected chi connectivity index (χ1v) is 3.48. The predicted molar refractivity (Wildman–Crippen MR) is 44.6 cm³/mol. The standard InChI is InChI=1S/C2H6Si.3CH4O/c1-2-3;3*1-2/h2H,1H2,3H3;3*2H,1H3. The van der Waals surface area contributed by atoms with Crippen LogP contribution < -0.4 is 0 Å². The molecule has 0 aliphatic carbocycles. The third-order valence-electron chi connectivity index (χ3n) is 0. The van der Waals surface area contributed by atoms with Crippen molar-refractivity contribution in [3.63, 3.8) is 0 Å². The quantitative estimate of drug-likeness (QED) is 0.365. The Kier molecular flexibility index (Phi) is 1350. The van der Waals surface area contributed by atoms with Gasteiger partial charge in [0.1, 0.15) is 0 Å². The first-order valence-electron chi connectivity index (χ1n) is 2.33. The number of hydrogen-bond acceptors (Lipinski definition) is 3. The number of aliphatic hydroxyl groups is 3. The smallest absolute Gasteiger partial charge is 0.0319 e. The van der Waals surface area contributed by atoms with Crippen molar-refractivity contribution in [2.24, 2.45) is 0 Å². The molecule has 0 unspecified atom stereocenters. The molecule has 0 aromatic heterocycles. The molecule has 60 valence electrons. The first-order chi connectivity index (χ1) is 4.41. The first kappa shape index (κ1) is 23.2. The molecule has 0 aromatic rings. The average Bonchev–Trinajstić information content (AvgIpc) is 2.01. The molecule has 0 saturated heterocycles. The normalized spacial score (nSPS) is 3.78. The summed E-state index contributed by atoms with van der Waals surface area (Å²) in [5, 5.41) is 21.0. The van der Waals surface area contributed by atoms with Crippen LogP contribution in [0.15, 0.2) is 12.3 Å². The molecule has 0 radical (unpaired) electrons. The molecule has 0 rings (SSSR count). The molecule has 0 amide bonds. The zero-order valence-corrected chi connectivity index (χ0v) is 8.63. The third kappa shape index (κ3) is 10000. The summed E-state index contributed by atoms with van der Waals surface area (Å²) < 4.78 is 0. The Morgan fingerprint density at radius 2 is 1.00 bits per heavy atom. The van der Waals surface area contributed by atoms with E-state index < -0.39 is 0 Å². The molecule has 0 fully saturated rings. The highest BCUT2D eigenvalue weighted by Gasteiger charge is 1.16. The van der Waals surface area contributed by atoms with Crippen LogP contribution >= 0.6 is 0 Å². The van der Waals surface area contributed by atoms with Gasteiger partial charge in [-0.05, 0) is 0 Å². The van der Waals surface area contributed by atoms with Gasteiger partial charge in [-0.3, -0.25) is 0 Å². The maximum Gasteiger partial charge on any atom is 0.0319 e. The van der Waals surface area contributed by atoms with E-state index in [1.165, 1.54) is 0 Å². The fraction of sp³-hybridized carbons (Fsp3) is 0.600. The fourth-order valence-corrected chi connectivity index (χ4v) is 0. The van der Waals surface area contributed by atoms with Gasteiger partial charge in [-0.25, -0.2) is 0 Å². The lowest BCUT2D eigenvalue weighted by atomic mass is 11.3. The molecular formula is C5H18O3Si. The third-order valence-corrected chi connectivity index (χ3v) is 0. The molecule has 0 aromatic carbocycles. The molecule has 0 aliphatic rings. The highest BCUT2D eigenvalue weighted by Crippen LogP contribution is 1.24. The van der Waals surface area contributed by atoms with Gasteiger partial charge in [0.2, 0.25) is 0 Å². The van der Waals surface area contributed by atoms with Crippen LogP contribution in [0, 0.1) is 0 Å². The Morgan fingerprint density at radius 1 is 1.00 bits per heavy atom. The Labute approximate surface area is 60.1 Å². The topological polar surface area (TPSA) is 60.7 Å². The number of aliphatic hydroxyl groups excluding tert-OH is 3. The molecule has 0 saturated carbocycles. The van der Waals surface area contributed by atoms with Gasteiger partial charge in [0.15, 0.2) is 0 Å². The van der Waals surface area contributed by atoms with E-state index in [1.54, 1.807) is 0 Å². The molecule has 4 heteroatoms. The second kappa shape index (κ2) is 523. The molecule has 9 heavy (non-hydrogen) atoms. The van der Waals surface area contributed by atoms with Crippen LogP contribution in [0.4, 0.5) is 0 Å². The summed E-state index contributed by atoms with van der Waals surface area (Å²) in [6.07, 6.45) is 0. The van der Waals surface area contributed by atoms with Crippen LogP contribution in [0.2, 0.25) is 0 Å². The molecule has 0 atom stereocenters. The summed E-state index contributed by atoms with van der Waals surface area (Å²) in [6.45, 7) is 3.42. The summed E-state index contributed by atoms with van der Waals surface area (Å²) in [4.78, 5) is 0. The number of rotatable bonds is 0. The predicted octanol–water partition coefficient (Wildman–Crippen LogP) is -1.68. The van der Waals surface area contributed by atoms with Crippen LogP contribution in [-0.4, -0.2) is 46.9 Å². The van der Waals surface area contributed by atoms with E-state index in [9.17, 15) is 0 Å². The largest absolute Gasteiger partial charge is 0.400 e. The van der Waals surface area contributed by atoms with Gasteiger partial charge in [-0.15, -0.1) is 12.3 Å². The van der Waals surface area contributed by atoms with E-state index in [2.05, 4.69) is 6.58 Å². The minimum absolute atomic E-state index is 1.00. The molecule has 3 N–H and O–H groups in total. The summed E-state index contributed by atoms with van der Waals surface area (Å²) in [6, 6.07) is 0. The molecule has 0 aliphatic heterocycles. The average molecular weight is 154 g/mol. The maximum absolute atomic E-state index is 7.00. The maximum atomic E-state index is 7.00. The van der Waals surface area contributed by atoms with Crippen molar-refractivity contribution in [2.75, 3.05) is 21.3 Å². The van der Waals surface area contributed by atoms with Crippen LogP contribution in [0.25, 0.3) is 0 Å². The van der Waals surface area contributed by atoms with Crippen LogP contribution in [0.3, 0.4) is 0 Å². The lowest BCUT2D eigenvalue weighted by Gasteiger charge is -1.29. The van der Waals surface area contributed by atoms with Crippen LogP contribution in [0.1, 0.15) is 0 Å². The summed E-state index contributed by atoms with van der Waals surface area (Å²) in [7, 11) is 4.13. The van der Waals surface area contributed by atoms with Crippen molar-refractivity contribution >= 4 is 10.2 Å². The summed E-state index contributed by atoms with van der Waals surface area (Å²) in [5.74, 6) is 0. The Bertz CT molecular complexity index is 19.7. The van der Waals surface area contributed by atoms with Crippen molar-refractivity contribution < 1.29 is 15.3 Å². The van der Waals surface area contributed by atoms with E-state index in [4.69, 9.17) is 15.3 Å². The number of hydrogen-bond donors (Lipinski definition) is 3. The van der Waals surface area contributed by atoms with Crippen molar-refractivity contribution in [1.29, 1.82) is 0 Å². The van der Waals surface area contributed by atoms with Gasteiger partial charge in [0.25, 0.3) is 0 Å². The molecule has 0 heterocycles. The minimum Gasteiger partial charge on any atom is -0.400 e. The van der Waals surface area contributed by atoms with E-state index in [-0.39, 0.29) is 0 Å². The minimum atomic E-state index is 1.00. The van der Waals surface area contributed by atoms with Gasteiger partial charge < -0.3 is 15.3 Å². The molecule has 0 bridgehead atoms. The fourth-order valence-electron chi connectivity index (χ4n) is 0. The van der Waals surface area contributed by atoms with Crippen molar-refractivity contribution in [3.8, 4) is 0 Å². The lowest BCUT2D eigenvalue weighted by molar-refractivity contribution is 0.399. The summed E-state index contributed by atoms with van der Waals surface area (Å²) in [5.41, 5.74) is 1.89. The van der Waals surface area contributed by atoms with E-state index in [1.807, 2.05) is 5.70 Å². The monoisotopic (exact) mass is 154 g/mol. The van der Waals surface area contributed by atoms with Gasteiger partial charge >= 0.3 is 0 Å². The Balaban J connectivity index is -0.0000000190. The highest BCUT2D eigenvalue weighted by molar-refractivity contribution is 6.16. The molecule has 0 spiro atoms. The summed E-state index contributed by atoms with van der Waals surface area (Å²) >= 11 is 0. The van der Waals surface area contributed by atoms with E-state index in [0.717, 1.165) is 31.6 Å². The van der Waals surface area contributed by atoms with Crippen LogP contribution in [0.5, 0.6) is 0 Å². The second-order valence-electron chi connectivity index (χ2n) is 0.408. The lowest BCUT2D eigenvalue weighted by Crippen LogP contribution is -1.29. The van der Waals surface area contributed by atoms with E-state index in [0.29, 0.717) is 0 Å². The Morgan fingerprint density at radius 3 is 1.00 bits per heavy atom. The van der Waals surface area contributed by atoms with Gasteiger partial charge in [0.05, 0.1) is 0 Å². The van der Waals surface area contributed by atoms with Crippen molar-refractivity contribution in [2.45, 2.75) is 0 Å². The van der Waals surface area contributed by atoms with E-state index >= 15 is 0 Å². The zero-order valence-electron chi connectivity index (χ0n) is 6.63. The molecular weight excluding hydrogens is 136 g/mol. The zero-order chi connectivity index (χ0) is 8.71. The van der Waals surface area contributed by atoms with Crippen LogP contribution in [-0.2, 0) is 0 Å². The second-order valence-corrected chi connectivity index (χ2v) is 1.22. The van der Waals surface area contributed by atoms with Gasteiger partial charge in [-0.2, -0.15) is 0 Å². The van der Waals surface area contributed by atoms with Gasteiger partial charge in [0, 0.05) is 31.6 Å². The van der Waals surface area contributed by atoms with Gasteiger partial charge in [-0.1, -0.05) is 0 Å². The SMILES string of the molecule is C=C[SiH3].CO.CO.CO. The van der Waals surface area contributed by atoms with Crippen molar-refractivity contribution in [3.05, 3.63) is 12.3 Å². The highest BCUT2D eigenvalue weighted by atomic mass is 28.1.